The largest absolute Gasteiger partial charge is 2.00 e. The van der Waals surface area contributed by atoms with Gasteiger partial charge in [0.1, 0.15) is 0 Å². The molecule has 2 atom stereocenters. The first kappa shape index (κ1) is 24.7. The molecular formula is C24H42Fe. The molecule has 1 heteroatoms. The van der Waals surface area contributed by atoms with E-state index in [4.69, 9.17) is 0 Å². The molecule has 0 aliphatic heterocycles. The average Bonchev–Trinajstić information content (AvgIpc) is 2.46. The van der Waals surface area contributed by atoms with Crippen LogP contribution in [-0.2, 0) is 17.1 Å². The SMILES string of the molecule is C[C-]1C=CC(C)C(C)(C)C1(C)C.C[C-]1C=CC(C)C(C)(C)C1(C)C.[Fe+2]. The van der Waals surface area contributed by atoms with Crippen molar-refractivity contribution in [1.29, 1.82) is 0 Å². The van der Waals surface area contributed by atoms with Crippen LogP contribution in [0.25, 0.3) is 0 Å². The van der Waals surface area contributed by atoms with Gasteiger partial charge in [0.25, 0.3) is 0 Å². The third kappa shape index (κ3) is 4.19. The Morgan fingerprint density at radius 3 is 1.04 bits per heavy atom. The standard InChI is InChI=1S/2C12H21.Fe/c2*1-9-7-8-10(2)12(5,6)11(9,3)4;/h2*7-9H,1-6H3;/q2*-1;+2. The van der Waals surface area contributed by atoms with E-state index in [0.29, 0.717) is 33.5 Å². The summed E-state index contributed by atoms with van der Waals surface area (Å²) in [7, 11) is 0. The molecule has 0 nitrogen and oxygen atoms in total. The summed E-state index contributed by atoms with van der Waals surface area (Å²) in [5.74, 6) is 4.36. The molecule has 2 aliphatic rings. The summed E-state index contributed by atoms with van der Waals surface area (Å²) < 4.78 is 0. The quantitative estimate of drug-likeness (QED) is 0.296. The normalized spacial score (nSPS) is 30.9. The molecule has 0 spiro atoms. The van der Waals surface area contributed by atoms with Gasteiger partial charge in [0.05, 0.1) is 0 Å². The van der Waals surface area contributed by atoms with E-state index in [9.17, 15) is 0 Å². The van der Waals surface area contributed by atoms with Crippen LogP contribution in [0.3, 0.4) is 0 Å². The molecule has 2 unspecified atom stereocenters. The molecule has 0 bridgehead atoms. The maximum absolute atomic E-state index is 2.37. The first-order valence-electron chi connectivity index (χ1n) is 9.64. The van der Waals surface area contributed by atoms with Crippen molar-refractivity contribution in [2.24, 2.45) is 33.5 Å². The second-order valence-electron chi connectivity index (χ2n) is 10.4. The smallest absolute Gasteiger partial charge is 0.228 e. The van der Waals surface area contributed by atoms with Crippen molar-refractivity contribution in [3.05, 3.63) is 36.1 Å². The van der Waals surface area contributed by atoms with Gasteiger partial charge in [-0.15, -0.1) is 13.8 Å². The maximum Gasteiger partial charge on any atom is 2.00 e. The summed E-state index contributed by atoms with van der Waals surface area (Å²) in [6.45, 7) is 28.0. The Hall–Kier alpha value is -0.261. The van der Waals surface area contributed by atoms with Crippen LogP contribution in [0.15, 0.2) is 24.3 Å². The predicted molar refractivity (Wildman–Crippen MR) is 110 cm³/mol. The summed E-state index contributed by atoms with van der Waals surface area (Å²) in [6.07, 6.45) is 9.24. The third-order valence-corrected chi connectivity index (χ3v) is 8.74. The van der Waals surface area contributed by atoms with E-state index in [-0.39, 0.29) is 17.1 Å². The topological polar surface area (TPSA) is 0 Å². The van der Waals surface area contributed by atoms with Gasteiger partial charge in [0, 0.05) is 0 Å². The average molecular weight is 386 g/mol. The van der Waals surface area contributed by atoms with Crippen LogP contribution in [-0.4, -0.2) is 0 Å². The zero-order valence-electron chi connectivity index (χ0n) is 18.8. The fourth-order valence-electron chi connectivity index (χ4n) is 3.63. The Morgan fingerprint density at radius 2 is 0.840 bits per heavy atom. The van der Waals surface area contributed by atoms with Crippen molar-refractivity contribution in [3.63, 3.8) is 0 Å². The monoisotopic (exact) mass is 386 g/mol. The zero-order chi connectivity index (χ0) is 19.1. The molecule has 0 amide bonds. The van der Waals surface area contributed by atoms with E-state index in [0.717, 1.165) is 0 Å². The summed E-state index contributed by atoms with van der Waals surface area (Å²) >= 11 is 0. The van der Waals surface area contributed by atoms with Gasteiger partial charge in [-0.25, -0.2) is 36.1 Å². The molecular weight excluding hydrogens is 344 g/mol. The van der Waals surface area contributed by atoms with Gasteiger partial charge < -0.3 is 0 Å². The van der Waals surface area contributed by atoms with Gasteiger partial charge in [0.15, 0.2) is 0 Å². The molecule has 0 aromatic rings. The molecule has 0 heterocycles. The van der Waals surface area contributed by atoms with Gasteiger partial charge in [0.2, 0.25) is 0 Å². The minimum absolute atomic E-state index is 0. The first-order valence-corrected chi connectivity index (χ1v) is 9.64. The van der Waals surface area contributed by atoms with Crippen molar-refractivity contribution < 1.29 is 17.1 Å². The summed E-state index contributed by atoms with van der Waals surface area (Å²) in [5, 5.41) is 0. The van der Waals surface area contributed by atoms with Crippen molar-refractivity contribution in [2.75, 3.05) is 0 Å². The Balaban J connectivity index is 0.000000443. The molecule has 0 fully saturated rings. The van der Waals surface area contributed by atoms with E-state index in [1.54, 1.807) is 0 Å². The fourth-order valence-corrected chi connectivity index (χ4v) is 3.63. The molecule has 2 aliphatic carbocycles. The third-order valence-electron chi connectivity index (χ3n) is 8.74. The number of hydrogen-bond donors (Lipinski definition) is 0. The van der Waals surface area contributed by atoms with Crippen LogP contribution in [0.4, 0.5) is 0 Å². The predicted octanol–water partition coefficient (Wildman–Crippen LogP) is 7.68. The van der Waals surface area contributed by atoms with Gasteiger partial charge in [-0.3, -0.25) is 0 Å². The van der Waals surface area contributed by atoms with Crippen molar-refractivity contribution >= 4 is 0 Å². The van der Waals surface area contributed by atoms with Crippen LogP contribution in [0, 0.1) is 45.3 Å². The summed E-state index contributed by atoms with van der Waals surface area (Å²) in [6, 6.07) is 0. The van der Waals surface area contributed by atoms with Gasteiger partial charge >= 0.3 is 17.1 Å². The second kappa shape index (κ2) is 7.77. The van der Waals surface area contributed by atoms with Gasteiger partial charge in [-0.05, 0) is 0 Å². The van der Waals surface area contributed by atoms with E-state index in [1.807, 2.05) is 0 Å². The Morgan fingerprint density at radius 1 is 0.600 bits per heavy atom. The summed E-state index contributed by atoms with van der Waals surface area (Å²) in [4.78, 5) is 0. The minimum atomic E-state index is 0. The van der Waals surface area contributed by atoms with Crippen LogP contribution >= 0.6 is 0 Å². The molecule has 146 valence electrons. The number of hydrogen-bond acceptors (Lipinski definition) is 0. The summed E-state index contributed by atoms with van der Waals surface area (Å²) in [5.41, 5.74) is 1.43. The van der Waals surface area contributed by atoms with Crippen LogP contribution in [0.1, 0.15) is 83.1 Å². The van der Waals surface area contributed by atoms with E-state index < -0.39 is 0 Å². The molecule has 0 radical (unpaired) electrons. The van der Waals surface area contributed by atoms with Gasteiger partial charge in [-0.2, -0.15) is 0 Å². The Labute approximate surface area is 169 Å². The van der Waals surface area contributed by atoms with Crippen molar-refractivity contribution in [3.8, 4) is 0 Å². The molecule has 0 N–H and O–H groups in total. The van der Waals surface area contributed by atoms with E-state index in [1.165, 1.54) is 11.8 Å². The Kier molecular flexibility index (Phi) is 7.69. The van der Waals surface area contributed by atoms with E-state index in [2.05, 4.69) is 107 Å². The van der Waals surface area contributed by atoms with Crippen LogP contribution in [0.2, 0.25) is 0 Å². The molecule has 0 aromatic heterocycles. The van der Waals surface area contributed by atoms with Crippen LogP contribution < -0.4 is 0 Å². The second-order valence-corrected chi connectivity index (χ2v) is 10.4. The number of rotatable bonds is 0. The number of allylic oxidation sites excluding steroid dienone is 4. The molecule has 0 aromatic carbocycles. The van der Waals surface area contributed by atoms with Crippen LogP contribution in [0.5, 0.6) is 0 Å². The minimum Gasteiger partial charge on any atom is -0.228 e. The van der Waals surface area contributed by atoms with Crippen molar-refractivity contribution in [2.45, 2.75) is 83.1 Å². The molecule has 0 saturated heterocycles. The Bertz CT molecular complexity index is 400. The molecule has 0 saturated carbocycles. The van der Waals surface area contributed by atoms with Gasteiger partial charge in [-0.1, -0.05) is 103 Å². The van der Waals surface area contributed by atoms with Crippen molar-refractivity contribution in [1.82, 2.24) is 0 Å². The zero-order valence-corrected chi connectivity index (χ0v) is 19.9. The molecule has 25 heavy (non-hydrogen) atoms. The first-order chi connectivity index (χ1) is 10.6. The van der Waals surface area contributed by atoms with E-state index >= 15 is 0 Å². The maximum atomic E-state index is 2.37. The fraction of sp³-hybridized carbons (Fsp3) is 0.750. The molecule has 2 rings (SSSR count).